The van der Waals surface area contributed by atoms with Crippen molar-refractivity contribution in [2.24, 2.45) is 0 Å². The molecular formula is C9H21Br3Si2. The van der Waals surface area contributed by atoms with Crippen molar-refractivity contribution in [3.8, 4) is 0 Å². The fourth-order valence-corrected chi connectivity index (χ4v) is 43.1. The van der Waals surface area contributed by atoms with E-state index >= 15 is 0 Å². The van der Waals surface area contributed by atoms with Crippen LogP contribution in [0, 0.1) is 0 Å². The Hall–Kier alpha value is 1.87. The molecule has 0 saturated heterocycles. The van der Waals surface area contributed by atoms with Gasteiger partial charge in [0.2, 0.25) is 0 Å². The lowest BCUT2D eigenvalue weighted by Crippen LogP contribution is -2.61. The molecule has 0 bridgehead atoms. The van der Waals surface area contributed by atoms with Crippen molar-refractivity contribution < 1.29 is 0 Å². The van der Waals surface area contributed by atoms with Gasteiger partial charge in [0, 0.05) is 0 Å². The van der Waals surface area contributed by atoms with Gasteiger partial charge in [0.1, 0.15) is 0 Å². The van der Waals surface area contributed by atoms with Crippen LogP contribution in [0.15, 0.2) is 0 Å². The normalized spacial score (nSPS) is 15.9. The Labute approximate surface area is 114 Å². The van der Waals surface area contributed by atoms with E-state index in [9.17, 15) is 0 Å². The first-order valence-electron chi connectivity index (χ1n) is 4.82. The fourth-order valence-electron chi connectivity index (χ4n) is 1.98. The van der Waals surface area contributed by atoms with Crippen molar-refractivity contribution in [1.82, 2.24) is 0 Å². The highest BCUT2D eigenvalue weighted by molar-refractivity contribution is 9.74. The van der Waals surface area contributed by atoms with Gasteiger partial charge >= 0.3 is 0 Å². The predicted octanol–water partition coefficient (Wildman–Crippen LogP) is 5.87. The number of hydrogen-bond acceptors (Lipinski definition) is 0. The van der Waals surface area contributed by atoms with Crippen molar-refractivity contribution in [2.45, 2.75) is 58.2 Å². The van der Waals surface area contributed by atoms with Crippen molar-refractivity contribution in [3.63, 3.8) is 0 Å². The maximum Gasteiger partial charge on any atom is 0.255 e. The van der Waals surface area contributed by atoms with Gasteiger partial charge < -0.3 is 0 Å². The highest BCUT2D eigenvalue weighted by Gasteiger charge is 2.61. The summed E-state index contributed by atoms with van der Waals surface area (Å²) in [4.78, 5) is 0. The van der Waals surface area contributed by atoms with Crippen LogP contribution in [0.3, 0.4) is 0 Å². The summed E-state index contributed by atoms with van der Waals surface area (Å²) in [5.41, 5.74) is 0. The predicted molar refractivity (Wildman–Crippen MR) is 83.6 cm³/mol. The first-order chi connectivity index (χ1) is 5.75. The number of halogens is 3. The molecule has 0 saturated carbocycles. The molecule has 0 heterocycles. The second-order valence-corrected chi connectivity index (χ2v) is 44.5. The van der Waals surface area contributed by atoms with Gasteiger partial charge in [0.05, 0.1) is 7.59 Å². The Morgan fingerprint density at radius 2 is 0.929 bits per heavy atom. The van der Waals surface area contributed by atoms with Crippen LogP contribution in [0.5, 0.6) is 0 Å². The van der Waals surface area contributed by atoms with Crippen LogP contribution in [0.4, 0.5) is 0 Å². The second kappa shape index (κ2) is 4.28. The van der Waals surface area contributed by atoms with Crippen LogP contribution >= 0.6 is 45.9 Å². The van der Waals surface area contributed by atoms with Crippen LogP contribution in [-0.4, -0.2) is 11.0 Å². The molecule has 0 N–H and O–H groups in total. The summed E-state index contributed by atoms with van der Waals surface area (Å²) >= 11 is 11.7. The third kappa shape index (κ3) is 2.76. The Balaban J connectivity index is 5.54. The summed E-state index contributed by atoms with van der Waals surface area (Å²) < 4.78 is -1.61. The summed E-state index contributed by atoms with van der Waals surface area (Å²) in [7, 11) is -1.47. The molecule has 0 aromatic rings. The van der Waals surface area contributed by atoms with Gasteiger partial charge in [0.15, 0.2) is 0 Å². The van der Waals surface area contributed by atoms with Crippen LogP contribution in [-0.2, 0) is 0 Å². The smallest absolute Gasteiger partial charge is 0.1000 e. The molecule has 0 unspecified atom stereocenters. The highest BCUT2D eigenvalue weighted by Crippen LogP contribution is 2.60. The molecule has 0 aliphatic carbocycles. The van der Waals surface area contributed by atoms with E-state index in [1.54, 1.807) is 0 Å². The molecular weight excluding hydrogens is 404 g/mol. The van der Waals surface area contributed by atoms with Crippen molar-refractivity contribution in [3.05, 3.63) is 0 Å². The SMILES string of the molecule is CC(C)(C)[Si](C)(C(C)(C)C)[Si](Br)(Br)Br. The van der Waals surface area contributed by atoms with Crippen molar-refractivity contribution >= 4 is 56.9 Å². The highest BCUT2D eigenvalue weighted by atomic mass is 80.0. The van der Waals surface area contributed by atoms with Gasteiger partial charge in [-0.1, -0.05) is 94.0 Å². The Kier molecular flexibility index (Phi) is 4.85. The molecule has 0 aliphatic heterocycles. The molecule has 0 fully saturated rings. The van der Waals surface area contributed by atoms with E-state index in [0.29, 0.717) is 10.1 Å². The standard InChI is InChI=1S/C9H21Br3Si2/c1-8(2,3)13(7,9(4,5)6)14(10,11)12/h1-7H3. The summed E-state index contributed by atoms with van der Waals surface area (Å²) in [5.74, 6) is 0. The maximum atomic E-state index is 3.91. The molecule has 5 heteroatoms. The monoisotopic (exact) mass is 422 g/mol. The van der Waals surface area contributed by atoms with Crippen LogP contribution < -0.4 is 0 Å². The third-order valence-corrected chi connectivity index (χ3v) is 40.0. The molecule has 0 nitrogen and oxygen atoms in total. The second-order valence-electron chi connectivity index (χ2n) is 6.12. The van der Waals surface area contributed by atoms with Crippen LogP contribution in [0.1, 0.15) is 41.5 Å². The van der Waals surface area contributed by atoms with Crippen LogP contribution in [0.25, 0.3) is 0 Å². The molecule has 0 aromatic heterocycles. The largest absolute Gasteiger partial charge is 0.255 e. The molecule has 14 heavy (non-hydrogen) atoms. The van der Waals surface area contributed by atoms with Gasteiger partial charge in [-0.05, 0) is 10.1 Å². The van der Waals surface area contributed by atoms with E-state index in [1.165, 1.54) is 0 Å². The third-order valence-electron chi connectivity index (χ3n) is 3.57. The van der Waals surface area contributed by atoms with Crippen molar-refractivity contribution in [2.75, 3.05) is 0 Å². The molecule has 0 radical (unpaired) electrons. The number of rotatable bonds is 1. The summed E-state index contributed by atoms with van der Waals surface area (Å²) in [5, 5.41) is 0.766. The van der Waals surface area contributed by atoms with E-state index in [-0.39, 0.29) is 0 Å². The summed E-state index contributed by atoms with van der Waals surface area (Å²) in [6, 6.07) is 0. The van der Waals surface area contributed by atoms with Gasteiger partial charge in [-0.15, -0.1) is 0 Å². The summed E-state index contributed by atoms with van der Waals surface area (Å²) in [6.07, 6.45) is 0. The number of hydrogen-bond donors (Lipinski definition) is 0. The first-order valence-corrected chi connectivity index (χ1v) is 17.1. The summed E-state index contributed by atoms with van der Waals surface area (Å²) in [6.45, 7) is 16.7. The van der Waals surface area contributed by atoms with Gasteiger partial charge in [0.25, 0.3) is 3.45 Å². The zero-order valence-corrected chi connectivity index (χ0v) is 16.9. The van der Waals surface area contributed by atoms with E-state index in [4.69, 9.17) is 0 Å². The van der Waals surface area contributed by atoms with E-state index < -0.39 is 11.0 Å². The minimum absolute atomic E-state index is 0.383. The lowest BCUT2D eigenvalue weighted by molar-refractivity contribution is 0.637. The van der Waals surface area contributed by atoms with Gasteiger partial charge in [-0.25, -0.2) is 0 Å². The molecule has 0 amide bonds. The molecule has 0 aromatic carbocycles. The van der Waals surface area contributed by atoms with E-state index in [1.807, 2.05) is 0 Å². The minimum Gasteiger partial charge on any atom is -0.1000 e. The topological polar surface area (TPSA) is 0 Å². The Morgan fingerprint density at radius 1 is 0.714 bits per heavy atom. The van der Waals surface area contributed by atoms with Gasteiger partial charge in [-0.3, -0.25) is 0 Å². The molecule has 0 rings (SSSR count). The Morgan fingerprint density at radius 3 is 0.929 bits per heavy atom. The van der Waals surface area contributed by atoms with Crippen LogP contribution in [0.2, 0.25) is 16.6 Å². The fraction of sp³-hybridized carbons (Fsp3) is 1.00. The lowest BCUT2D eigenvalue weighted by atomic mass is 10.2. The zero-order chi connectivity index (χ0) is 12.0. The average Bonchev–Trinajstić information content (AvgIpc) is 1.77. The average molecular weight is 425 g/mol. The molecule has 0 spiro atoms. The minimum atomic E-state index is -1.61. The quantitative estimate of drug-likeness (QED) is 0.365. The van der Waals surface area contributed by atoms with E-state index in [2.05, 4.69) is 94.0 Å². The Bertz CT molecular complexity index is 172. The zero-order valence-electron chi connectivity index (χ0n) is 10.1. The van der Waals surface area contributed by atoms with E-state index in [0.717, 1.165) is 0 Å². The molecule has 0 aliphatic rings. The molecule has 86 valence electrons. The maximum absolute atomic E-state index is 3.91. The van der Waals surface area contributed by atoms with Gasteiger partial charge in [-0.2, -0.15) is 0 Å². The molecule has 0 atom stereocenters. The lowest BCUT2D eigenvalue weighted by Gasteiger charge is -2.53. The first kappa shape index (κ1) is 15.9. The van der Waals surface area contributed by atoms with Crippen molar-refractivity contribution in [1.29, 1.82) is 0 Å².